The number of aromatic nitrogens is 4. The van der Waals surface area contributed by atoms with E-state index in [-0.39, 0.29) is 0 Å². The molecule has 84 valence electrons. The van der Waals surface area contributed by atoms with E-state index in [1.54, 1.807) is 30.3 Å². The van der Waals surface area contributed by atoms with Crippen LogP contribution in [0, 0.1) is 0 Å². The van der Waals surface area contributed by atoms with Crippen LogP contribution in [0.25, 0.3) is 0 Å². The summed E-state index contributed by atoms with van der Waals surface area (Å²) in [6.07, 6.45) is 4.94. The van der Waals surface area contributed by atoms with Crippen molar-refractivity contribution in [3.63, 3.8) is 0 Å². The second-order valence-corrected chi connectivity index (χ2v) is 4.46. The topological polar surface area (TPSA) is 63.8 Å². The molecular formula is C10H11BrN4O. The van der Waals surface area contributed by atoms with Crippen molar-refractivity contribution in [2.45, 2.75) is 12.5 Å². The Morgan fingerprint density at radius 1 is 1.50 bits per heavy atom. The molecule has 2 aromatic heterocycles. The Morgan fingerprint density at radius 3 is 2.94 bits per heavy atom. The second-order valence-electron chi connectivity index (χ2n) is 3.54. The van der Waals surface area contributed by atoms with E-state index in [9.17, 15) is 5.11 Å². The van der Waals surface area contributed by atoms with Crippen molar-refractivity contribution >= 4 is 15.9 Å². The fourth-order valence-electron chi connectivity index (χ4n) is 1.42. The number of hydrogen-bond acceptors (Lipinski definition) is 4. The van der Waals surface area contributed by atoms with E-state index in [1.165, 1.54) is 0 Å². The van der Waals surface area contributed by atoms with Crippen molar-refractivity contribution in [2.75, 3.05) is 0 Å². The molecule has 1 unspecified atom stereocenters. The number of aliphatic hydroxyl groups excluding tert-OH is 1. The molecule has 0 spiro atoms. The average molecular weight is 283 g/mol. The molecule has 2 aromatic rings. The maximum atomic E-state index is 9.97. The number of rotatable bonds is 3. The van der Waals surface area contributed by atoms with Crippen LogP contribution in [0.1, 0.15) is 17.4 Å². The van der Waals surface area contributed by atoms with Gasteiger partial charge >= 0.3 is 0 Å². The molecule has 0 saturated heterocycles. The summed E-state index contributed by atoms with van der Waals surface area (Å²) < 4.78 is 2.46. The monoisotopic (exact) mass is 282 g/mol. The first-order chi connectivity index (χ1) is 7.65. The van der Waals surface area contributed by atoms with Crippen molar-refractivity contribution in [3.05, 3.63) is 40.4 Å². The number of aliphatic hydroxyl groups is 1. The minimum Gasteiger partial charge on any atom is -0.388 e. The normalized spacial score (nSPS) is 12.7. The number of pyridine rings is 1. The first kappa shape index (κ1) is 11.2. The van der Waals surface area contributed by atoms with E-state index < -0.39 is 6.10 Å². The highest BCUT2D eigenvalue weighted by Crippen LogP contribution is 2.19. The summed E-state index contributed by atoms with van der Waals surface area (Å²) in [4.78, 5) is 4.00. The maximum Gasteiger partial charge on any atom is 0.0861 e. The van der Waals surface area contributed by atoms with Gasteiger partial charge in [-0.2, -0.15) is 0 Å². The smallest absolute Gasteiger partial charge is 0.0861 e. The predicted octanol–water partition coefficient (Wildman–Crippen LogP) is 1.25. The Balaban J connectivity index is 2.11. The van der Waals surface area contributed by atoms with Crippen LogP contribution in [0.2, 0.25) is 0 Å². The van der Waals surface area contributed by atoms with Crippen LogP contribution >= 0.6 is 15.9 Å². The SMILES string of the molecule is Cn1cc(CC(O)c2cncc(Br)c2)nn1. The van der Waals surface area contributed by atoms with E-state index in [0.29, 0.717) is 6.42 Å². The lowest BCUT2D eigenvalue weighted by Gasteiger charge is -2.08. The van der Waals surface area contributed by atoms with Crippen molar-refractivity contribution in [1.29, 1.82) is 0 Å². The van der Waals surface area contributed by atoms with Crippen molar-refractivity contribution in [2.24, 2.45) is 7.05 Å². The predicted molar refractivity (Wildman–Crippen MR) is 61.6 cm³/mol. The Labute approximate surface area is 101 Å². The van der Waals surface area contributed by atoms with Gasteiger partial charge < -0.3 is 5.11 Å². The van der Waals surface area contributed by atoms with E-state index >= 15 is 0 Å². The van der Waals surface area contributed by atoms with Gasteiger partial charge in [0.25, 0.3) is 0 Å². The molecule has 0 aromatic carbocycles. The van der Waals surface area contributed by atoms with Crippen molar-refractivity contribution in [3.8, 4) is 0 Å². The third-order valence-electron chi connectivity index (χ3n) is 2.16. The zero-order valence-corrected chi connectivity index (χ0v) is 10.3. The highest BCUT2D eigenvalue weighted by Gasteiger charge is 2.11. The molecule has 5 nitrogen and oxygen atoms in total. The summed E-state index contributed by atoms with van der Waals surface area (Å²) >= 11 is 3.31. The Morgan fingerprint density at radius 2 is 2.31 bits per heavy atom. The summed E-state index contributed by atoms with van der Waals surface area (Å²) in [5, 5.41) is 17.7. The molecule has 16 heavy (non-hydrogen) atoms. The molecule has 6 heteroatoms. The quantitative estimate of drug-likeness (QED) is 0.920. The van der Waals surface area contributed by atoms with Gasteiger partial charge in [0.1, 0.15) is 0 Å². The molecule has 0 aliphatic carbocycles. The molecule has 2 rings (SSSR count). The zero-order chi connectivity index (χ0) is 11.5. The van der Waals surface area contributed by atoms with Gasteiger partial charge in [-0.1, -0.05) is 5.21 Å². The number of aryl methyl sites for hydroxylation is 1. The van der Waals surface area contributed by atoms with E-state index in [4.69, 9.17) is 0 Å². The second kappa shape index (κ2) is 4.71. The van der Waals surface area contributed by atoms with E-state index in [1.807, 2.05) is 6.07 Å². The van der Waals surface area contributed by atoms with E-state index in [0.717, 1.165) is 15.7 Å². The summed E-state index contributed by atoms with van der Waals surface area (Å²) in [5.74, 6) is 0. The van der Waals surface area contributed by atoms with Gasteiger partial charge in [0, 0.05) is 42.1 Å². The molecular weight excluding hydrogens is 272 g/mol. The molecule has 0 aliphatic rings. The summed E-state index contributed by atoms with van der Waals surface area (Å²) in [6, 6.07) is 1.84. The first-order valence-corrected chi connectivity index (χ1v) is 5.58. The minimum atomic E-state index is -0.610. The molecule has 1 atom stereocenters. The molecule has 0 aliphatic heterocycles. The van der Waals surface area contributed by atoms with Gasteiger partial charge in [-0.05, 0) is 22.0 Å². The maximum absolute atomic E-state index is 9.97. The van der Waals surface area contributed by atoms with Crippen LogP contribution in [0.3, 0.4) is 0 Å². The van der Waals surface area contributed by atoms with E-state index in [2.05, 4.69) is 31.2 Å². The molecule has 0 radical (unpaired) electrons. The highest BCUT2D eigenvalue weighted by atomic mass is 79.9. The first-order valence-electron chi connectivity index (χ1n) is 4.79. The van der Waals surface area contributed by atoms with Crippen molar-refractivity contribution in [1.82, 2.24) is 20.0 Å². The molecule has 0 fully saturated rings. The Kier molecular flexibility index (Phi) is 3.31. The lowest BCUT2D eigenvalue weighted by molar-refractivity contribution is 0.176. The average Bonchev–Trinajstić information content (AvgIpc) is 2.64. The zero-order valence-electron chi connectivity index (χ0n) is 8.71. The number of hydrogen-bond donors (Lipinski definition) is 1. The fraction of sp³-hybridized carbons (Fsp3) is 0.300. The Bertz CT molecular complexity index is 485. The minimum absolute atomic E-state index is 0.436. The lowest BCUT2D eigenvalue weighted by atomic mass is 10.1. The van der Waals surface area contributed by atoms with Gasteiger partial charge in [0.05, 0.1) is 11.8 Å². The van der Waals surface area contributed by atoms with Crippen LogP contribution in [-0.4, -0.2) is 25.1 Å². The van der Waals surface area contributed by atoms with Gasteiger partial charge in [-0.15, -0.1) is 5.10 Å². The Hall–Kier alpha value is -1.27. The van der Waals surface area contributed by atoms with Crippen LogP contribution < -0.4 is 0 Å². The number of halogens is 1. The molecule has 0 bridgehead atoms. The van der Waals surface area contributed by atoms with Crippen LogP contribution in [0.15, 0.2) is 29.1 Å². The van der Waals surface area contributed by atoms with Crippen LogP contribution in [0.5, 0.6) is 0 Å². The van der Waals surface area contributed by atoms with Gasteiger partial charge in [0.2, 0.25) is 0 Å². The third kappa shape index (κ3) is 2.65. The summed E-state index contributed by atoms with van der Waals surface area (Å²) in [6.45, 7) is 0. The van der Waals surface area contributed by atoms with Gasteiger partial charge in [-0.25, -0.2) is 0 Å². The molecule has 2 heterocycles. The lowest BCUT2D eigenvalue weighted by Crippen LogP contribution is -2.02. The standard InChI is InChI=1S/C10H11BrN4O/c1-15-6-9(13-14-15)3-10(16)7-2-8(11)5-12-4-7/h2,4-6,10,16H,3H2,1H3. The largest absolute Gasteiger partial charge is 0.388 e. The van der Waals surface area contributed by atoms with Crippen LogP contribution in [-0.2, 0) is 13.5 Å². The number of nitrogens with zero attached hydrogens (tertiary/aromatic N) is 4. The van der Waals surface area contributed by atoms with Crippen molar-refractivity contribution < 1.29 is 5.11 Å². The van der Waals surface area contributed by atoms with Gasteiger partial charge in [0.15, 0.2) is 0 Å². The third-order valence-corrected chi connectivity index (χ3v) is 2.60. The fourth-order valence-corrected chi connectivity index (χ4v) is 1.80. The van der Waals surface area contributed by atoms with Gasteiger partial charge in [-0.3, -0.25) is 9.67 Å². The summed E-state index contributed by atoms with van der Waals surface area (Å²) in [5.41, 5.74) is 1.52. The molecule has 0 amide bonds. The highest BCUT2D eigenvalue weighted by molar-refractivity contribution is 9.10. The van der Waals surface area contributed by atoms with Crippen LogP contribution in [0.4, 0.5) is 0 Å². The molecule has 0 saturated carbocycles. The molecule has 1 N–H and O–H groups in total. The summed E-state index contributed by atoms with van der Waals surface area (Å²) in [7, 11) is 1.80.